The number of amides is 1. The van der Waals surface area contributed by atoms with Gasteiger partial charge >= 0.3 is 6.09 Å². The first-order chi connectivity index (χ1) is 8.24. The fraction of sp³-hybridized carbons (Fsp3) is 0.167. The summed E-state index contributed by atoms with van der Waals surface area (Å²) in [5, 5.41) is 6.76. The van der Waals surface area contributed by atoms with Gasteiger partial charge in [-0.25, -0.2) is 4.79 Å². The number of aryl methyl sites for hydroxylation is 1. The first kappa shape index (κ1) is 11.2. The molecule has 2 rings (SSSR count). The standard InChI is InChI=1S/C12H13N3O2/c1-15-8-7-10(14-15)9-13-12(16)17-11-5-3-2-4-6-11/h2-8H,9H2,1H3,(H,13,16). The molecular formula is C12H13N3O2. The SMILES string of the molecule is Cn1ccc(CNC(=O)Oc2ccccc2)n1. The Morgan fingerprint density at radius 2 is 2.12 bits per heavy atom. The molecule has 0 aliphatic carbocycles. The fourth-order valence-corrected chi connectivity index (χ4v) is 1.35. The predicted molar refractivity (Wildman–Crippen MR) is 62.5 cm³/mol. The minimum absolute atomic E-state index is 0.354. The molecule has 0 fully saturated rings. The van der Waals surface area contributed by atoms with E-state index in [0.29, 0.717) is 12.3 Å². The summed E-state index contributed by atoms with van der Waals surface area (Å²) in [6, 6.07) is 10.8. The van der Waals surface area contributed by atoms with Crippen LogP contribution in [0.4, 0.5) is 4.79 Å². The topological polar surface area (TPSA) is 56.2 Å². The Kier molecular flexibility index (Phi) is 3.40. The highest BCUT2D eigenvalue weighted by Crippen LogP contribution is 2.08. The predicted octanol–water partition coefficient (Wildman–Crippen LogP) is 1.71. The normalized spacial score (nSPS) is 9.94. The van der Waals surface area contributed by atoms with Gasteiger partial charge < -0.3 is 10.1 Å². The Hall–Kier alpha value is -2.30. The summed E-state index contributed by atoms with van der Waals surface area (Å²) >= 11 is 0. The van der Waals surface area contributed by atoms with Crippen LogP contribution < -0.4 is 10.1 Å². The third-order valence-corrected chi connectivity index (χ3v) is 2.14. The minimum atomic E-state index is -0.484. The zero-order valence-electron chi connectivity index (χ0n) is 9.46. The van der Waals surface area contributed by atoms with Crippen molar-refractivity contribution in [3.8, 4) is 5.75 Å². The highest BCUT2D eigenvalue weighted by molar-refractivity contribution is 5.70. The number of nitrogens with one attached hydrogen (secondary N) is 1. The molecule has 0 unspecified atom stereocenters. The molecule has 0 atom stereocenters. The number of para-hydroxylation sites is 1. The first-order valence-corrected chi connectivity index (χ1v) is 5.23. The van der Waals surface area contributed by atoms with Gasteiger partial charge in [-0.15, -0.1) is 0 Å². The number of ether oxygens (including phenoxy) is 1. The molecule has 0 bridgehead atoms. The maximum absolute atomic E-state index is 11.4. The van der Waals surface area contributed by atoms with Crippen molar-refractivity contribution in [2.75, 3.05) is 0 Å². The second-order valence-electron chi connectivity index (χ2n) is 3.54. The number of aromatic nitrogens is 2. The van der Waals surface area contributed by atoms with E-state index in [0.717, 1.165) is 5.69 Å². The number of hydrogen-bond donors (Lipinski definition) is 1. The van der Waals surface area contributed by atoms with E-state index in [1.807, 2.05) is 25.4 Å². The largest absolute Gasteiger partial charge is 0.412 e. The minimum Gasteiger partial charge on any atom is -0.410 e. The quantitative estimate of drug-likeness (QED) is 0.874. The highest BCUT2D eigenvalue weighted by Gasteiger charge is 2.04. The summed E-state index contributed by atoms with van der Waals surface area (Å²) in [7, 11) is 1.83. The molecule has 0 radical (unpaired) electrons. The van der Waals surface area contributed by atoms with Crippen LogP contribution in [0.15, 0.2) is 42.6 Å². The van der Waals surface area contributed by atoms with E-state index in [2.05, 4.69) is 10.4 Å². The maximum atomic E-state index is 11.4. The van der Waals surface area contributed by atoms with Crippen molar-refractivity contribution in [3.05, 3.63) is 48.3 Å². The second kappa shape index (κ2) is 5.16. The summed E-state index contributed by atoms with van der Waals surface area (Å²) in [4.78, 5) is 11.4. The third-order valence-electron chi connectivity index (χ3n) is 2.14. The number of hydrogen-bond acceptors (Lipinski definition) is 3. The van der Waals surface area contributed by atoms with Gasteiger partial charge in [0.2, 0.25) is 0 Å². The molecule has 1 heterocycles. The van der Waals surface area contributed by atoms with E-state index in [-0.39, 0.29) is 0 Å². The molecule has 1 aromatic heterocycles. The maximum Gasteiger partial charge on any atom is 0.412 e. The number of carbonyl (C=O) groups is 1. The number of carbonyl (C=O) groups excluding carboxylic acids is 1. The van der Waals surface area contributed by atoms with E-state index < -0.39 is 6.09 Å². The van der Waals surface area contributed by atoms with Crippen molar-refractivity contribution in [1.29, 1.82) is 0 Å². The molecule has 0 saturated carbocycles. The average Bonchev–Trinajstić information content (AvgIpc) is 2.74. The number of benzene rings is 1. The van der Waals surface area contributed by atoms with Crippen molar-refractivity contribution >= 4 is 6.09 Å². The molecule has 1 amide bonds. The monoisotopic (exact) mass is 231 g/mol. The lowest BCUT2D eigenvalue weighted by molar-refractivity contribution is 0.200. The lowest BCUT2D eigenvalue weighted by atomic mass is 10.3. The summed E-state index contributed by atoms with van der Waals surface area (Å²) in [5.41, 5.74) is 0.789. The zero-order chi connectivity index (χ0) is 12.1. The van der Waals surface area contributed by atoms with Gasteiger partial charge in [-0.05, 0) is 18.2 Å². The number of rotatable bonds is 3. The average molecular weight is 231 g/mol. The van der Waals surface area contributed by atoms with E-state index in [9.17, 15) is 4.79 Å². The van der Waals surface area contributed by atoms with Gasteiger partial charge in [0.15, 0.2) is 0 Å². The molecule has 0 spiro atoms. The molecule has 0 saturated heterocycles. The number of nitrogens with zero attached hydrogens (tertiary/aromatic N) is 2. The summed E-state index contributed by atoms with van der Waals surface area (Å²) in [5.74, 6) is 0.519. The van der Waals surface area contributed by atoms with Gasteiger partial charge in [0.1, 0.15) is 5.75 Å². The lowest BCUT2D eigenvalue weighted by Gasteiger charge is -2.04. The second-order valence-corrected chi connectivity index (χ2v) is 3.54. The fourth-order valence-electron chi connectivity index (χ4n) is 1.35. The zero-order valence-corrected chi connectivity index (χ0v) is 9.46. The molecule has 1 N–H and O–H groups in total. The van der Waals surface area contributed by atoms with E-state index in [1.54, 1.807) is 28.9 Å². The Labute approximate surface area is 99.0 Å². The van der Waals surface area contributed by atoms with Crippen LogP contribution in [0.2, 0.25) is 0 Å². The van der Waals surface area contributed by atoms with E-state index in [4.69, 9.17) is 4.74 Å². The van der Waals surface area contributed by atoms with E-state index >= 15 is 0 Å². The van der Waals surface area contributed by atoms with Crippen LogP contribution >= 0.6 is 0 Å². The van der Waals surface area contributed by atoms with Crippen molar-refractivity contribution in [2.45, 2.75) is 6.54 Å². The molecule has 0 aliphatic heterocycles. The van der Waals surface area contributed by atoms with Crippen LogP contribution in [0.3, 0.4) is 0 Å². The first-order valence-electron chi connectivity index (χ1n) is 5.23. The van der Waals surface area contributed by atoms with Gasteiger partial charge in [-0.3, -0.25) is 4.68 Å². The molecular weight excluding hydrogens is 218 g/mol. The highest BCUT2D eigenvalue weighted by atomic mass is 16.5. The Morgan fingerprint density at radius 3 is 2.76 bits per heavy atom. The van der Waals surface area contributed by atoms with Crippen molar-refractivity contribution in [1.82, 2.24) is 15.1 Å². The van der Waals surface area contributed by atoms with Crippen LogP contribution in [0.1, 0.15) is 5.69 Å². The Bertz CT molecular complexity index is 493. The van der Waals surface area contributed by atoms with Gasteiger partial charge in [0.05, 0.1) is 12.2 Å². The molecule has 1 aromatic carbocycles. The molecule has 88 valence electrons. The molecule has 5 nitrogen and oxygen atoms in total. The van der Waals surface area contributed by atoms with Crippen LogP contribution in [0.5, 0.6) is 5.75 Å². The molecule has 5 heteroatoms. The third kappa shape index (κ3) is 3.34. The van der Waals surface area contributed by atoms with Crippen LogP contribution in [0.25, 0.3) is 0 Å². The van der Waals surface area contributed by atoms with Crippen LogP contribution in [0, 0.1) is 0 Å². The van der Waals surface area contributed by atoms with Crippen LogP contribution in [-0.2, 0) is 13.6 Å². The smallest absolute Gasteiger partial charge is 0.410 e. The van der Waals surface area contributed by atoms with Gasteiger partial charge in [0.25, 0.3) is 0 Å². The molecule has 17 heavy (non-hydrogen) atoms. The lowest BCUT2D eigenvalue weighted by Crippen LogP contribution is -2.26. The summed E-state index contributed by atoms with van der Waals surface area (Å²) in [6.07, 6.45) is 1.33. The Morgan fingerprint density at radius 1 is 1.35 bits per heavy atom. The summed E-state index contributed by atoms with van der Waals surface area (Å²) < 4.78 is 6.74. The molecule has 0 aliphatic rings. The Balaban J connectivity index is 1.82. The van der Waals surface area contributed by atoms with Crippen molar-refractivity contribution < 1.29 is 9.53 Å². The molecule has 2 aromatic rings. The van der Waals surface area contributed by atoms with Gasteiger partial charge in [-0.2, -0.15) is 5.10 Å². The van der Waals surface area contributed by atoms with Gasteiger partial charge in [0, 0.05) is 13.2 Å². The van der Waals surface area contributed by atoms with Crippen molar-refractivity contribution in [3.63, 3.8) is 0 Å². The van der Waals surface area contributed by atoms with Crippen molar-refractivity contribution in [2.24, 2.45) is 7.05 Å². The van der Waals surface area contributed by atoms with E-state index in [1.165, 1.54) is 0 Å². The van der Waals surface area contributed by atoms with Gasteiger partial charge in [-0.1, -0.05) is 18.2 Å². The summed E-state index contributed by atoms with van der Waals surface area (Å²) in [6.45, 7) is 0.354. The van der Waals surface area contributed by atoms with Crippen LogP contribution in [-0.4, -0.2) is 15.9 Å².